The van der Waals surface area contributed by atoms with E-state index in [9.17, 15) is 0 Å². The molecule has 0 bridgehead atoms. The zero-order valence-electron chi connectivity index (χ0n) is 13.0. The molecular weight excluding hydrogens is 294 g/mol. The minimum atomic E-state index is 0.300. The molecule has 120 valence electrons. The van der Waals surface area contributed by atoms with E-state index in [-0.39, 0.29) is 0 Å². The molecular formula is C16H25N5S. The molecule has 0 saturated carbocycles. The highest BCUT2D eigenvalue weighted by Gasteiger charge is 2.23. The molecule has 1 atom stereocenters. The maximum Gasteiger partial charge on any atom is 0.191 e. The molecule has 0 amide bonds. The molecule has 1 aromatic heterocycles. The largest absolute Gasteiger partial charge is 0.370 e. The second kappa shape index (κ2) is 7.83. The van der Waals surface area contributed by atoms with Crippen LogP contribution in [0.5, 0.6) is 0 Å². The summed E-state index contributed by atoms with van der Waals surface area (Å²) in [6.45, 7) is 5.05. The van der Waals surface area contributed by atoms with Crippen LogP contribution in [-0.2, 0) is 0 Å². The number of nitrogens with two attached hydrogens (primary N) is 1. The van der Waals surface area contributed by atoms with Crippen LogP contribution in [0.1, 0.15) is 24.4 Å². The Labute approximate surface area is 137 Å². The fraction of sp³-hybridized carbons (Fsp3) is 0.625. The normalized spacial score (nSPS) is 22.0. The van der Waals surface area contributed by atoms with Gasteiger partial charge in [0.1, 0.15) is 0 Å². The van der Waals surface area contributed by atoms with Gasteiger partial charge in [-0.25, -0.2) is 0 Å². The van der Waals surface area contributed by atoms with Crippen molar-refractivity contribution in [3.8, 4) is 0 Å². The number of hydrogen-bond donors (Lipinski definition) is 1. The Morgan fingerprint density at radius 3 is 2.73 bits per heavy atom. The van der Waals surface area contributed by atoms with Crippen LogP contribution in [0, 0.1) is 0 Å². The van der Waals surface area contributed by atoms with Crippen molar-refractivity contribution in [2.24, 2.45) is 10.7 Å². The molecule has 5 nitrogen and oxygen atoms in total. The van der Waals surface area contributed by atoms with Crippen molar-refractivity contribution in [2.75, 3.05) is 44.2 Å². The lowest BCUT2D eigenvalue weighted by Gasteiger charge is -2.29. The van der Waals surface area contributed by atoms with Crippen LogP contribution in [-0.4, -0.2) is 65.0 Å². The smallest absolute Gasteiger partial charge is 0.191 e. The van der Waals surface area contributed by atoms with Crippen LogP contribution in [0.3, 0.4) is 0 Å². The molecule has 6 heteroatoms. The standard InChI is InChI=1S/C16H25N5S/c17-16(21-8-10-22-11-9-21)19-13-15(20-6-1-2-7-20)14-4-3-5-18-12-14/h3-5,12,15H,1-2,6-11,13H2,(H2,17,19)/t15-/m1/s1. The van der Waals surface area contributed by atoms with E-state index in [1.54, 1.807) is 0 Å². The van der Waals surface area contributed by atoms with Gasteiger partial charge in [0.05, 0.1) is 12.6 Å². The fourth-order valence-corrected chi connectivity index (χ4v) is 4.03. The lowest BCUT2D eigenvalue weighted by molar-refractivity contribution is 0.250. The third kappa shape index (κ3) is 3.93. The van der Waals surface area contributed by atoms with Crippen LogP contribution < -0.4 is 5.73 Å². The van der Waals surface area contributed by atoms with Gasteiger partial charge in [-0.2, -0.15) is 11.8 Å². The quantitative estimate of drug-likeness (QED) is 0.674. The fourth-order valence-electron chi connectivity index (χ4n) is 3.13. The third-order valence-electron chi connectivity index (χ3n) is 4.41. The maximum atomic E-state index is 6.21. The minimum absolute atomic E-state index is 0.300. The Kier molecular flexibility index (Phi) is 5.56. The van der Waals surface area contributed by atoms with Crippen molar-refractivity contribution in [3.05, 3.63) is 30.1 Å². The number of nitrogens with zero attached hydrogens (tertiary/aromatic N) is 4. The first-order chi connectivity index (χ1) is 10.8. The summed E-state index contributed by atoms with van der Waals surface area (Å²) in [5.41, 5.74) is 7.45. The Morgan fingerprint density at radius 1 is 1.27 bits per heavy atom. The predicted molar refractivity (Wildman–Crippen MR) is 93.2 cm³/mol. The zero-order valence-corrected chi connectivity index (χ0v) is 13.8. The molecule has 2 aliphatic rings. The van der Waals surface area contributed by atoms with E-state index in [1.165, 1.54) is 18.4 Å². The van der Waals surface area contributed by atoms with Crippen LogP contribution in [0.25, 0.3) is 0 Å². The van der Waals surface area contributed by atoms with Crippen molar-refractivity contribution in [1.29, 1.82) is 0 Å². The van der Waals surface area contributed by atoms with Gasteiger partial charge in [-0.1, -0.05) is 6.07 Å². The van der Waals surface area contributed by atoms with Crippen LogP contribution in [0.4, 0.5) is 0 Å². The summed E-state index contributed by atoms with van der Waals surface area (Å²) in [6.07, 6.45) is 6.35. The summed E-state index contributed by atoms with van der Waals surface area (Å²) >= 11 is 1.99. The van der Waals surface area contributed by atoms with Gasteiger partial charge in [-0.3, -0.25) is 14.9 Å². The third-order valence-corrected chi connectivity index (χ3v) is 5.35. The average Bonchev–Trinajstić information content (AvgIpc) is 3.11. The Bertz CT molecular complexity index is 481. The van der Waals surface area contributed by atoms with Gasteiger partial charge in [0, 0.05) is 37.0 Å². The second-order valence-corrected chi connectivity index (χ2v) is 7.07. The molecule has 3 heterocycles. The van der Waals surface area contributed by atoms with E-state index in [1.807, 2.05) is 30.2 Å². The molecule has 0 radical (unpaired) electrons. The monoisotopic (exact) mass is 319 g/mol. The zero-order chi connectivity index (χ0) is 15.2. The summed E-state index contributed by atoms with van der Waals surface area (Å²) in [7, 11) is 0. The van der Waals surface area contributed by atoms with E-state index in [0.29, 0.717) is 12.0 Å². The van der Waals surface area contributed by atoms with Crippen molar-refractivity contribution in [2.45, 2.75) is 18.9 Å². The van der Waals surface area contributed by atoms with Gasteiger partial charge in [-0.05, 0) is 37.6 Å². The first kappa shape index (κ1) is 15.6. The molecule has 2 fully saturated rings. The molecule has 22 heavy (non-hydrogen) atoms. The Hall–Kier alpha value is -1.27. The van der Waals surface area contributed by atoms with Gasteiger partial charge >= 0.3 is 0 Å². The van der Waals surface area contributed by atoms with Crippen molar-refractivity contribution >= 4 is 17.7 Å². The van der Waals surface area contributed by atoms with Crippen LogP contribution >= 0.6 is 11.8 Å². The van der Waals surface area contributed by atoms with Crippen molar-refractivity contribution in [1.82, 2.24) is 14.8 Å². The topological polar surface area (TPSA) is 57.8 Å². The maximum absolute atomic E-state index is 6.21. The van der Waals surface area contributed by atoms with E-state index in [2.05, 4.69) is 20.9 Å². The highest BCUT2D eigenvalue weighted by molar-refractivity contribution is 7.99. The SMILES string of the molecule is NC(=NC[C@H](c1cccnc1)N1CCCC1)N1CCSCC1. The van der Waals surface area contributed by atoms with E-state index < -0.39 is 0 Å². The summed E-state index contributed by atoms with van der Waals surface area (Å²) in [6, 6.07) is 4.46. The van der Waals surface area contributed by atoms with E-state index in [4.69, 9.17) is 10.7 Å². The molecule has 0 aromatic carbocycles. The summed E-state index contributed by atoms with van der Waals surface area (Å²) in [5, 5.41) is 0. The molecule has 2 saturated heterocycles. The van der Waals surface area contributed by atoms with Gasteiger partial charge < -0.3 is 10.6 Å². The molecule has 2 aliphatic heterocycles. The highest BCUT2D eigenvalue weighted by Crippen LogP contribution is 2.25. The lowest BCUT2D eigenvalue weighted by Crippen LogP contribution is -2.43. The number of thioether (sulfide) groups is 1. The van der Waals surface area contributed by atoms with E-state index >= 15 is 0 Å². The molecule has 0 aliphatic carbocycles. The Morgan fingerprint density at radius 2 is 2.05 bits per heavy atom. The summed E-state index contributed by atoms with van der Waals surface area (Å²) in [5.74, 6) is 3.00. The summed E-state index contributed by atoms with van der Waals surface area (Å²) in [4.78, 5) is 13.7. The van der Waals surface area contributed by atoms with Gasteiger partial charge in [-0.15, -0.1) is 0 Å². The number of guanidine groups is 1. The lowest BCUT2D eigenvalue weighted by atomic mass is 10.1. The summed E-state index contributed by atoms with van der Waals surface area (Å²) < 4.78 is 0. The number of pyridine rings is 1. The number of aliphatic imine (C=N–C) groups is 1. The number of aromatic nitrogens is 1. The molecule has 0 spiro atoms. The Balaban J connectivity index is 1.69. The number of likely N-dealkylation sites (tertiary alicyclic amines) is 1. The molecule has 0 unspecified atom stereocenters. The minimum Gasteiger partial charge on any atom is -0.370 e. The van der Waals surface area contributed by atoms with Crippen LogP contribution in [0.2, 0.25) is 0 Å². The van der Waals surface area contributed by atoms with Crippen LogP contribution in [0.15, 0.2) is 29.5 Å². The van der Waals surface area contributed by atoms with Gasteiger partial charge in [0.2, 0.25) is 0 Å². The van der Waals surface area contributed by atoms with E-state index in [0.717, 1.165) is 44.2 Å². The van der Waals surface area contributed by atoms with Crippen molar-refractivity contribution < 1.29 is 0 Å². The number of rotatable bonds is 4. The van der Waals surface area contributed by atoms with Gasteiger partial charge in [0.25, 0.3) is 0 Å². The molecule has 2 N–H and O–H groups in total. The molecule has 3 rings (SSSR count). The molecule has 1 aromatic rings. The first-order valence-corrected chi connectivity index (χ1v) is 9.26. The average molecular weight is 319 g/mol. The van der Waals surface area contributed by atoms with Crippen molar-refractivity contribution in [3.63, 3.8) is 0 Å². The van der Waals surface area contributed by atoms with Gasteiger partial charge in [0.15, 0.2) is 5.96 Å². The highest BCUT2D eigenvalue weighted by atomic mass is 32.2. The number of hydrogen-bond acceptors (Lipinski definition) is 4. The second-order valence-electron chi connectivity index (χ2n) is 5.84. The first-order valence-electron chi connectivity index (χ1n) is 8.11. The predicted octanol–water partition coefficient (Wildman–Crippen LogP) is 1.58.